The molecule has 1 aromatic carbocycles. The molecule has 1 aromatic rings. The first-order chi connectivity index (χ1) is 7.44. The fourth-order valence-corrected chi connectivity index (χ4v) is 1.25. The third-order valence-corrected chi connectivity index (χ3v) is 2.29. The van der Waals surface area contributed by atoms with E-state index in [1.165, 1.54) is 13.0 Å². The molecule has 0 saturated heterocycles. The van der Waals surface area contributed by atoms with Gasteiger partial charge in [0, 0.05) is 17.1 Å². The number of hydrogen-bond donors (Lipinski definition) is 3. The van der Waals surface area contributed by atoms with Crippen molar-refractivity contribution in [3.8, 4) is 0 Å². The Balaban J connectivity index is 2.60. The van der Waals surface area contributed by atoms with Gasteiger partial charge in [-0.15, -0.1) is 0 Å². The lowest BCUT2D eigenvalue weighted by Crippen LogP contribution is -2.43. The number of hydrogen-bond acceptors (Lipinski definition) is 3. The Hall–Kier alpha value is -1.10. The van der Waals surface area contributed by atoms with E-state index < -0.39 is 12.2 Å². The fourth-order valence-electron chi connectivity index (χ4n) is 1.06. The zero-order chi connectivity index (χ0) is 12.2. The number of nitrogens with one attached hydrogen (secondary N) is 1. The van der Waals surface area contributed by atoms with Crippen LogP contribution >= 0.6 is 11.6 Å². The molecular formula is C11H14ClNO3. The van der Waals surface area contributed by atoms with Crippen molar-refractivity contribution in [2.45, 2.75) is 12.5 Å². The molecule has 0 fully saturated rings. The number of benzene rings is 1. The molecule has 0 aromatic heterocycles. The maximum Gasteiger partial charge on any atom is 0.251 e. The summed E-state index contributed by atoms with van der Waals surface area (Å²) in [5, 5.41) is 21.3. The molecule has 0 spiro atoms. The second kappa shape index (κ2) is 5.30. The van der Waals surface area contributed by atoms with Crippen LogP contribution in [0.2, 0.25) is 5.02 Å². The van der Waals surface area contributed by atoms with Gasteiger partial charge < -0.3 is 15.5 Å². The Morgan fingerprint density at radius 3 is 2.81 bits per heavy atom. The highest BCUT2D eigenvalue weighted by Crippen LogP contribution is 2.10. The molecule has 5 heteroatoms. The van der Waals surface area contributed by atoms with E-state index >= 15 is 0 Å². The molecule has 0 aliphatic heterocycles. The lowest BCUT2D eigenvalue weighted by atomic mass is 10.1. The summed E-state index contributed by atoms with van der Waals surface area (Å²) < 4.78 is 0. The minimum Gasteiger partial charge on any atom is -0.393 e. The molecule has 0 aliphatic rings. The SMILES string of the molecule is CC(O)(CO)CNC(=O)c1cccc(Cl)c1. The summed E-state index contributed by atoms with van der Waals surface area (Å²) >= 11 is 5.74. The van der Waals surface area contributed by atoms with Gasteiger partial charge in [0.2, 0.25) is 0 Å². The van der Waals surface area contributed by atoms with Gasteiger partial charge in [0.25, 0.3) is 5.91 Å². The van der Waals surface area contributed by atoms with Crippen LogP contribution in [0.3, 0.4) is 0 Å². The molecular weight excluding hydrogens is 230 g/mol. The van der Waals surface area contributed by atoms with Crippen LogP contribution < -0.4 is 5.32 Å². The Morgan fingerprint density at radius 1 is 1.56 bits per heavy atom. The van der Waals surface area contributed by atoms with Crippen LogP contribution in [0.1, 0.15) is 17.3 Å². The second-order valence-corrected chi connectivity index (χ2v) is 4.28. The van der Waals surface area contributed by atoms with Crippen molar-refractivity contribution >= 4 is 17.5 Å². The van der Waals surface area contributed by atoms with Gasteiger partial charge in [-0.2, -0.15) is 0 Å². The predicted octanol–water partition coefficient (Wildman–Crippen LogP) is 0.813. The largest absolute Gasteiger partial charge is 0.393 e. The minimum absolute atomic E-state index is 0.0190. The highest BCUT2D eigenvalue weighted by atomic mass is 35.5. The molecule has 1 rings (SSSR count). The van der Waals surface area contributed by atoms with Crippen molar-refractivity contribution in [1.82, 2.24) is 5.32 Å². The molecule has 0 aliphatic carbocycles. The first kappa shape index (κ1) is 13.0. The van der Waals surface area contributed by atoms with E-state index in [2.05, 4.69) is 5.32 Å². The lowest BCUT2D eigenvalue weighted by Gasteiger charge is -2.20. The number of amides is 1. The molecule has 0 radical (unpaired) electrons. The standard InChI is InChI=1S/C11H14ClNO3/c1-11(16,7-14)6-13-10(15)8-3-2-4-9(12)5-8/h2-5,14,16H,6-7H2,1H3,(H,13,15). The van der Waals surface area contributed by atoms with Gasteiger partial charge in [-0.3, -0.25) is 4.79 Å². The van der Waals surface area contributed by atoms with Crippen LogP contribution in [0.5, 0.6) is 0 Å². The van der Waals surface area contributed by atoms with Crippen molar-refractivity contribution < 1.29 is 15.0 Å². The maximum absolute atomic E-state index is 11.6. The molecule has 1 unspecified atom stereocenters. The number of carbonyl (C=O) groups is 1. The number of carbonyl (C=O) groups excluding carboxylic acids is 1. The topological polar surface area (TPSA) is 69.6 Å². The van der Waals surface area contributed by atoms with Crippen molar-refractivity contribution in [3.63, 3.8) is 0 Å². The van der Waals surface area contributed by atoms with E-state index in [0.29, 0.717) is 10.6 Å². The maximum atomic E-state index is 11.6. The van der Waals surface area contributed by atoms with E-state index in [1.807, 2.05) is 0 Å². The van der Waals surface area contributed by atoms with Gasteiger partial charge >= 0.3 is 0 Å². The van der Waals surface area contributed by atoms with Crippen LogP contribution in [0.15, 0.2) is 24.3 Å². The molecule has 3 N–H and O–H groups in total. The number of rotatable bonds is 4. The zero-order valence-corrected chi connectivity index (χ0v) is 9.66. The molecule has 88 valence electrons. The lowest BCUT2D eigenvalue weighted by molar-refractivity contribution is 0.00320. The highest BCUT2D eigenvalue weighted by molar-refractivity contribution is 6.30. The van der Waals surface area contributed by atoms with E-state index in [4.69, 9.17) is 16.7 Å². The van der Waals surface area contributed by atoms with Crippen LogP contribution in [0, 0.1) is 0 Å². The van der Waals surface area contributed by atoms with Crippen LogP contribution in [-0.2, 0) is 0 Å². The smallest absolute Gasteiger partial charge is 0.251 e. The van der Waals surface area contributed by atoms with Gasteiger partial charge in [-0.25, -0.2) is 0 Å². The minimum atomic E-state index is -1.31. The average molecular weight is 244 g/mol. The average Bonchev–Trinajstić information content (AvgIpc) is 2.26. The molecule has 1 amide bonds. The molecule has 0 bridgehead atoms. The first-order valence-corrected chi connectivity index (χ1v) is 5.19. The second-order valence-electron chi connectivity index (χ2n) is 3.85. The van der Waals surface area contributed by atoms with E-state index in [9.17, 15) is 9.90 Å². The van der Waals surface area contributed by atoms with Crippen LogP contribution in [0.4, 0.5) is 0 Å². The molecule has 16 heavy (non-hydrogen) atoms. The molecule has 1 atom stereocenters. The predicted molar refractivity (Wildman–Crippen MR) is 61.5 cm³/mol. The summed E-state index contributed by atoms with van der Waals surface area (Å²) in [4.78, 5) is 11.6. The highest BCUT2D eigenvalue weighted by Gasteiger charge is 2.20. The summed E-state index contributed by atoms with van der Waals surface area (Å²) in [6, 6.07) is 6.49. The van der Waals surface area contributed by atoms with Crippen molar-refractivity contribution in [2.24, 2.45) is 0 Å². The monoisotopic (exact) mass is 243 g/mol. The third-order valence-electron chi connectivity index (χ3n) is 2.06. The third kappa shape index (κ3) is 3.81. The zero-order valence-electron chi connectivity index (χ0n) is 8.90. The quantitative estimate of drug-likeness (QED) is 0.733. The number of aliphatic hydroxyl groups excluding tert-OH is 1. The van der Waals surface area contributed by atoms with Crippen molar-refractivity contribution in [3.05, 3.63) is 34.9 Å². The normalized spacial score (nSPS) is 14.2. The fraction of sp³-hybridized carbons (Fsp3) is 0.364. The summed E-state index contributed by atoms with van der Waals surface area (Å²) in [5.41, 5.74) is -0.893. The Kier molecular flexibility index (Phi) is 4.29. The Bertz CT molecular complexity index is 379. The number of halogens is 1. The molecule has 0 saturated carbocycles. The van der Waals surface area contributed by atoms with Gasteiger partial charge in [0.05, 0.1) is 6.61 Å². The van der Waals surface area contributed by atoms with Crippen molar-refractivity contribution in [1.29, 1.82) is 0 Å². The first-order valence-electron chi connectivity index (χ1n) is 4.81. The summed E-state index contributed by atoms with van der Waals surface area (Å²) in [7, 11) is 0. The van der Waals surface area contributed by atoms with E-state index in [-0.39, 0.29) is 12.5 Å². The summed E-state index contributed by atoms with van der Waals surface area (Å²) in [6.45, 7) is 1.00. The van der Waals surface area contributed by atoms with Gasteiger partial charge in [0.1, 0.15) is 5.60 Å². The van der Waals surface area contributed by atoms with Gasteiger partial charge in [-0.1, -0.05) is 17.7 Å². The van der Waals surface area contributed by atoms with E-state index in [1.54, 1.807) is 18.2 Å². The van der Waals surface area contributed by atoms with E-state index in [0.717, 1.165) is 0 Å². The van der Waals surface area contributed by atoms with Crippen molar-refractivity contribution in [2.75, 3.05) is 13.2 Å². The Labute approximate surface area is 98.9 Å². The molecule has 4 nitrogen and oxygen atoms in total. The van der Waals surface area contributed by atoms with Gasteiger partial charge in [0.15, 0.2) is 0 Å². The molecule has 0 heterocycles. The van der Waals surface area contributed by atoms with Crippen LogP contribution in [-0.4, -0.2) is 34.9 Å². The van der Waals surface area contributed by atoms with Crippen LogP contribution in [0.25, 0.3) is 0 Å². The summed E-state index contributed by atoms with van der Waals surface area (Å²) in [6.07, 6.45) is 0. The van der Waals surface area contributed by atoms with Gasteiger partial charge in [-0.05, 0) is 25.1 Å². The summed E-state index contributed by atoms with van der Waals surface area (Å²) in [5.74, 6) is -0.337. The Morgan fingerprint density at radius 2 is 2.25 bits per heavy atom. The number of aliphatic hydroxyl groups is 2.